The fourth-order valence-corrected chi connectivity index (χ4v) is 3.12. The minimum absolute atomic E-state index is 0.404. The highest BCUT2D eigenvalue weighted by Gasteiger charge is 2.27. The third kappa shape index (κ3) is 2.70. The van der Waals surface area contributed by atoms with E-state index in [4.69, 9.17) is 9.47 Å². The van der Waals surface area contributed by atoms with Gasteiger partial charge in [-0.1, -0.05) is 66.7 Å². The smallest absolute Gasteiger partial charge is 0.220 e. The molecule has 24 heavy (non-hydrogen) atoms. The highest BCUT2D eigenvalue weighted by molar-refractivity contribution is 5.92. The van der Waals surface area contributed by atoms with Crippen molar-refractivity contribution in [3.05, 3.63) is 83.9 Å². The molecule has 0 aliphatic carbocycles. The quantitative estimate of drug-likeness (QED) is 0.633. The topological polar surface area (TPSA) is 18.5 Å². The molecule has 0 spiro atoms. The minimum Gasteiger partial charge on any atom is -0.460 e. The van der Waals surface area contributed by atoms with Crippen molar-refractivity contribution in [3.63, 3.8) is 0 Å². The summed E-state index contributed by atoms with van der Waals surface area (Å²) in [4.78, 5) is 0. The summed E-state index contributed by atoms with van der Waals surface area (Å²) in [5.74, 6) is 0.893. The first-order chi connectivity index (χ1) is 11.6. The van der Waals surface area contributed by atoms with Crippen LogP contribution in [-0.2, 0) is 10.3 Å². The second kappa shape index (κ2) is 5.81. The molecule has 0 N–H and O–H groups in total. The first kappa shape index (κ1) is 15.0. The molecule has 0 saturated carbocycles. The Morgan fingerprint density at radius 3 is 2.46 bits per heavy atom. The molecule has 0 amide bonds. The third-order valence-corrected chi connectivity index (χ3v) is 4.46. The Bertz CT molecular complexity index is 894. The van der Waals surface area contributed by atoms with Crippen LogP contribution in [0.3, 0.4) is 0 Å². The molecule has 2 nitrogen and oxygen atoms in total. The Morgan fingerprint density at radius 1 is 0.875 bits per heavy atom. The number of benzene rings is 3. The zero-order valence-electron chi connectivity index (χ0n) is 13.9. The summed E-state index contributed by atoms with van der Waals surface area (Å²) in [5.41, 5.74) is 1.79. The van der Waals surface area contributed by atoms with E-state index >= 15 is 0 Å². The maximum atomic E-state index is 6.26. The monoisotopic (exact) mass is 316 g/mol. The van der Waals surface area contributed by atoms with Gasteiger partial charge in [0.1, 0.15) is 5.75 Å². The van der Waals surface area contributed by atoms with Gasteiger partial charge in [-0.15, -0.1) is 0 Å². The second-order valence-corrected chi connectivity index (χ2v) is 6.54. The van der Waals surface area contributed by atoms with E-state index in [1.165, 1.54) is 5.39 Å². The Balaban J connectivity index is 1.64. The molecular formula is C22H20O2. The summed E-state index contributed by atoms with van der Waals surface area (Å²) in [7, 11) is 0. The van der Waals surface area contributed by atoms with Crippen molar-refractivity contribution in [1.82, 2.24) is 0 Å². The van der Waals surface area contributed by atoms with Gasteiger partial charge in [-0.3, -0.25) is 0 Å². The lowest BCUT2D eigenvalue weighted by Gasteiger charge is -2.32. The molecule has 1 aliphatic rings. The molecule has 2 heteroatoms. The summed E-state index contributed by atoms with van der Waals surface area (Å²) in [5, 5.41) is 2.29. The van der Waals surface area contributed by atoms with Gasteiger partial charge >= 0.3 is 0 Å². The summed E-state index contributed by atoms with van der Waals surface area (Å²) >= 11 is 0. The summed E-state index contributed by atoms with van der Waals surface area (Å²) < 4.78 is 12.5. The standard InChI is InChI=1S/C22H20O2/c1-22(2,18-9-4-3-5-10-18)24-20-15-14-17-13-12-16-8-6-7-11-19(16)21(17)23-20/h3-15,20H,1-2H3. The van der Waals surface area contributed by atoms with E-state index in [0.717, 1.165) is 22.3 Å². The van der Waals surface area contributed by atoms with Crippen molar-refractivity contribution in [1.29, 1.82) is 0 Å². The number of rotatable bonds is 3. The Morgan fingerprint density at radius 2 is 1.62 bits per heavy atom. The highest BCUT2D eigenvalue weighted by atomic mass is 16.7. The van der Waals surface area contributed by atoms with E-state index in [0.29, 0.717) is 0 Å². The molecule has 0 aromatic heterocycles. The molecule has 4 rings (SSSR count). The second-order valence-electron chi connectivity index (χ2n) is 6.54. The molecule has 1 unspecified atom stereocenters. The van der Waals surface area contributed by atoms with E-state index in [-0.39, 0.29) is 0 Å². The lowest BCUT2D eigenvalue weighted by atomic mass is 9.98. The number of hydrogen-bond donors (Lipinski definition) is 0. The Hall–Kier alpha value is -2.58. The van der Waals surface area contributed by atoms with E-state index in [9.17, 15) is 0 Å². The van der Waals surface area contributed by atoms with Gasteiger partial charge in [0.25, 0.3) is 0 Å². The maximum absolute atomic E-state index is 6.26. The Kier molecular flexibility index (Phi) is 3.62. The fourth-order valence-electron chi connectivity index (χ4n) is 3.12. The molecule has 1 aliphatic heterocycles. The zero-order valence-corrected chi connectivity index (χ0v) is 13.9. The third-order valence-electron chi connectivity index (χ3n) is 4.46. The predicted molar refractivity (Wildman–Crippen MR) is 98.0 cm³/mol. The van der Waals surface area contributed by atoms with Crippen LogP contribution in [0.15, 0.2) is 72.8 Å². The summed E-state index contributed by atoms with van der Waals surface area (Å²) in [6, 6.07) is 22.7. The van der Waals surface area contributed by atoms with Crippen molar-refractivity contribution < 1.29 is 9.47 Å². The van der Waals surface area contributed by atoms with Crippen molar-refractivity contribution >= 4 is 16.8 Å². The molecule has 1 atom stereocenters. The van der Waals surface area contributed by atoms with Crippen LogP contribution in [-0.4, -0.2) is 6.29 Å². The Labute approximate surface area is 142 Å². The molecule has 3 aromatic rings. The molecular weight excluding hydrogens is 296 g/mol. The minimum atomic E-state index is -0.432. The molecule has 0 saturated heterocycles. The van der Waals surface area contributed by atoms with Crippen LogP contribution in [0.4, 0.5) is 0 Å². The lowest BCUT2D eigenvalue weighted by molar-refractivity contribution is -0.137. The average molecular weight is 316 g/mol. The largest absolute Gasteiger partial charge is 0.460 e. The molecule has 120 valence electrons. The normalized spacial score (nSPS) is 16.7. The van der Waals surface area contributed by atoms with Crippen LogP contribution in [0, 0.1) is 0 Å². The maximum Gasteiger partial charge on any atom is 0.220 e. The molecule has 0 bridgehead atoms. The van der Waals surface area contributed by atoms with E-state index in [1.807, 2.05) is 36.4 Å². The summed E-state index contributed by atoms with van der Waals surface area (Å²) in [6.45, 7) is 4.14. The fraction of sp³-hybridized carbons (Fsp3) is 0.182. The van der Waals surface area contributed by atoms with Gasteiger partial charge in [0.05, 0.1) is 5.60 Å². The van der Waals surface area contributed by atoms with Crippen LogP contribution < -0.4 is 4.74 Å². The van der Waals surface area contributed by atoms with Crippen LogP contribution in [0.2, 0.25) is 0 Å². The number of fused-ring (bicyclic) bond motifs is 3. The van der Waals surface area contributed by atoms with E-state index in [2.05, 4.69) is 56.3 Å². The molecule has 1 heterocycles. The van der Waals surface area contributed by atoms with Crippen LogP contribution in [0.25, 0.3) is 16.8 Å². The van der Waals surface area contributed by atoms with Crippen LogP contribution in [0.5, 0.6) is 5.75 Å². The average Bonchev–Trinajstić information content (AvgIpc) is 2.62. The SMILES string of the molecule is CC(C)(OC1C=Cc2ccc3ccccc3c2O1)c1ccccc1. The lowest BCUT2D eigenvalue weighted by Crippen LogP contribution is -2.32. The number of hydrogen-bond acceptors (Lipinski definition) is 2. The summed E-state index contributed by atoms with van der Waals surface area (Å²) in [6.07, 6.45) is 3.65. The first-order valence-electron chi connectivity index (χ1n) is 8.23. The first-order valence-corrected chi connectivity index (χ1v) is 8.23. The van der Waals surface area contributed by atoms with Crippen molar-refractivity contribution in [2.75, 3.05) is 0 Å². The van der Waals surface area contributed by atoms with E-state index < -0.39 is 11.9 Å². The van der Waals surface area contributed by atoms with Gasteiger partial charge in [-0.05, 0) is 36.9 Å². The van der Waals surface area contributed by atoms with Crippen molar-refractivity contribution in [2.45, 2.75) is 25.7 Å². The van der Waals surface area contributed by atoms with Gasteiger partial charge in [0, 0.05) is 10.9 Å². The van der Waals surface area contributed by atoms with Gasteiger partial charge < -0.3 is 9.47 Å². The van der Waals surface area contributed by atoms with Gasteiger partial charge in [0.15, 0.2) is 0 Å². The number of ether oxygens (including phenoxy) is 2. The molecule has 0 radical (unpaired) electrons. The van der Waals surface area contributed by atoms with Crippen molar-refractivity contribution in [3.8, 4) is 5.75 Å². The molecule has 0 fully saturated rings. The zero-order chi connectivity index (χ0) is 16.6. The van der Waals surface area contributed by atoms with Crippen molar-refractivity contribution in [2.24, 2.45) is 0 Å². The molecule has 3 aromatic carbocycles. The van der Waals surface area contributed by atoms with Gasteiger partial charge in [0.2, 0.25) is 6.29 Å². The van der Waals surface area contributed by atoms with E-state index in [1.54, 1.807) is 0 Å². The van der Waals surface area contributed by atoms with Crippen LogP contribution >= 0.6 is 0 Å². The highest BCUT2D eigenvalue weighted by Crippen LogP contribution is 2.36. The van der Waals surface area contributed by atoms with Crippen LogP contribution in [0.1, 0.15) is 25.0 Å². The predicted octanol–water partition coefficient (Wildman–Crippen LogP) is 5.52. The van der Waals surface area contributed by atoms with Gasteiger partial charge in [-0.25, -0.2) is 0 Å². The van der Waals surface area contributed by atoms with Gasteiger partial charge in [-0.2, -0.15) is 0 Å².